The van der Waals surface area contributed by atoms with Crippen LogP contribution in [0.15, 0.2) is 24.5 Å². The van der Waals surface area contributed by atoms with Gasteiger partial charge in [-0.25, -0.2) is 0 Å². The molecule has 4 nitrogen and oxygen atoms in total. The standard InChI is InChI=1S/C9H10N2O2/c1-13-8-4-7(5-11-6-8)2-3-9(10)12/h2-6H,1H3,(H2,10,12). The van der Waals surface area contributed by atoms with Crippen LogP contribution in [0.2, 0.25) is 0 Å². The molecule has 0 unspecified atom stereocenters. The minimum atomic E-state index is -0.484. The Bertz CT molecular complexity index is 334. The van der Waals surface area contributed by atoms with Crippen molar-refractivity contribution in [1.82, 2.24) is 4.98 Å². The molecule has 1 heterocycles. The third-order valence-corrected chi connectivity index (χ3v) is 1.41. The van der Waals surface area contributed by atoms with Crippen LogP contribution in [0.4, 0.5) is 0 Å². The first-order chi connectivity index (χ1) is 6.22. The minimum Gasteiger partial charge on any atom is -0.495 e. The first-order valence-corrected chi connectivity index (χ1v) is 3.69. The zero-order valence-electron chi connectivity index (χ0n) is 7.23. The summed E-state index contributed by atoms with van der Waals surface area (Å²) in [6, 6.07) is 1.76. The number of methoxy groups -OCH3 is 1. The Morgan fingerprint density at radius 1 is 1.62 bits per heavy atom. The van der Waals surface area contributed by atoms with Gasteiger partial charge in [-0.3, -0.25) is 9.78 Å². The number of aromatic nitrogens is 1. The topological polar surface area (TPSA) is 65.2 Å². The van der Waals surface area contributed by atoms with Crippen molar-refractivity contribution in [2.75, 3.05) is 7.11 Å². The van der Waals surface area contributed by atoms with Gasteiger partial charge in [-0.2, -0.15) is 0 Å². The summed E-state index contributed by atoms with van der Waals surface area (Å²) in [5.41, 5.74) is 5.71. The van der Waals surface area contributed by atoms with E-state index in [2.05, 4.69) is 4.98 Å². The molecule has 0 bridgehead atoms. The number of carbonyl (C=O) groups is 1. The van der Waals surface area contributed by atoms with Crippen molar-refractivity contribution in [2.24, 2.45) is 5.73 Å². The molecular weight excluding hydrogens is 168 g/mol. The highest BCUT2D eigenvalue weighted by Gasteiger charge is 1.92. The van der Waals surface area contributed by atoms with Crippen LogP contribution in [0.25, 0.3) is 6.08 Å². The maximum atomic E-state index is 10.4. The number of hydrogen-bond acceptors (Lipinski definition) is 3. The summed E-state index contributed by atoms with van der Waals surface area (Å²) < 4.78 is 4.95. The second-order valence-corrected chi connectivity index (χ2v) is 2.39. The molecule has 0 aliphatic heterocycles. The van der Waals surface area contributed by atoms with Crippen molar-refractivity contribution < 1.29 is 9.53 Å². The van der Waals surface area contributed by atoms with Crippen LogP contribution in [-0.2, 0) is 4.79 Å². The van der Waals surface area contributed by atoms with Crippen molar-refractivity contribution in [1.29, 1.82) is 0 Å². The number of amides is 1. The maximum absolute atomic E-state index is 10.4. The zero-order valence-corrected chi connectivity index (χ0v) is 7.23. The van der Waals surface area contributed by atoms with E-state index in [1.807, 2.05) is 0 Å². The van der Waals surface area contributed by atoms with Gasteiger partial charge in [0.25, 0.3) is 0 Å². The average Bonchev–Trinajstić information content (AvgIpc) is 2.15. The summed E-state index contributed by atoms with van der Waals surface area (Å²) in [6.07, 6.45) is 6.05. The third-order valence-electron chi connectivity index (χ3n) is 1.41. The SMILES string of the molecule is COc1cncc(C=CC(N)=O)c1. The van der Waals surface area contributed by atoms with Gasteiger partial charge in [0.05, 0.1) is 13.3 Å². The number of rotatable bonds is 3. The monoisotopic (exact) mass is 178 g/mol. The normalized spacial score (nSPS) is 10.2. The first kappa shape index (κ1) is 9.25. The van der Waals surface area contributed by atoms with E-state index in [1.54, 1.807) is 31.6 Å². The minimum absolute atomic E-state index is 0.484. The molecule has 13 heavy (non-hydrogen) atoms. The molecule has 0 atom stereocenters. The van der Waals surface area contributed by atoms with Crippen LogP contribution >= 0.6 is 0 Å². The van der Waals surface area contributed by atoms with E-state index < -0.39 is 5.91 Å². The second-order valence-electron chi connectivity index (χ2n) is 2.39. The molecule has 0 radical (unpaired) electrons. The predicted molar refractivity (Wildman–Crippen MR) is 49.0 cm³/mol. The van der Waals surface area contributed by atoms with Gasteiger partial charge in [-0.15, -0.1) is 0 Å². The Hall–Kier alpha value is -1.84. The fourth-order valence-electron chi connectivity index (χ4n) is 0.817. The van der Waals surface area contributed by atoms with Gasteiger partial charge in [-0.05, 0) is 17.7 Å². The lowest BCUT2D eigenvalue weighted by atomic mass is 10.2. The van der Waals surface area contributed by atoms with E-state index in [9.17, 15) is 4.79 Å². The molecule has 1 amide bonds. The van der Waals surface area contributed by atoms with E-state index in [4.69, 9.17) is 10.5 Å². The summed E-state index contributed by atoms with van der Waals surface area (Å²) >= 11 is 0. The van der Waals surface area contributed by atoms with Crippen molar-refractivity contribution in [3.8, 4) is 5.75 Å². The first-order valence-electron chi connectivity index (χ1n) is 3.69. The van der Waals surface area contributed by atoms with E-state index in [1.165, 1.54) is 6.08 Å². The van der Waals surface area contributed by atoms with Crippen LogP contribution in [0.5, 0.6) is 5.75 Å². The number of ether oxygens (including phenoxy) is 1. The zero-order chi connectivity index (χ0) is 9.68. The highest BCUT2D eigenvalue weighted by Crippen LogP contribution is 2.10. The predicted octanol–water partition coefficient (Wildman–Crippen LogP) is 0.589. The fourth-order valence-corrected chi connectivity index (χ4v) is 0.817. The summed E-state index contributed by atoms with van der Waals surface area (Å²) in [5.74, 6) is 0.162. The second kappa shape index (κ2) is 4.25. The van der Waals surface area contributed by atoms with E-state index in [-0.39, 0.29) is 0 Å². The lowest BCUT2D eigenvalue weighted by molar-refractivity contribution is -0.113. The maximum Gasteiger partial charge on any atom is 0.241 e. The number of pyridine rings is 1. The fraction of sp³-hybridized carbons (Fsp3) is 0.111. The molecule has 0 saturated carbocycles. The van der Waals surface area contributed by atoms with Crippen LogP contribution in [-0.4, -0.2) is 18.0 Å². The van der Waals surface area contributed by atoms with Gasteiger partial charge < -0.3 is 10.5 Å². The number of nitrogens with zero attached hydrogens (tertiary/aromatic N) is 1. The quantitative estimate of drug-likeness (QED) is 0.689. The molecule has 1 aromatic heterocycles. The van der Waals surface area contributed by atoms with E-state index in [0.717, 1.165) is 5.56 Å². The van der Waals surface area contributed by atoms with E-state index >= 15 is 0 Å². The van der Waals surface area contributed by atoms with Crippen molar-refractivity contribution in [3.05, 3.63) is 30.1 Å². The largest absolute Gasteiger partial charge is 0.495 e. The van der Waals surface area contributed by atoms with Gasteiger partial charge >= 0.3 is 0 Å². The lowest BCUT2D eigenvalue weighted by Gasteiger charge is -1.98. The van der Waals surface area contributed by atoms with E-state index in [0.29, 0.717) is 5.75 Å². The summed E-state index contributed by atoms with van der Waals surface area (Å²) in [7, 11) is 1.55. The third kappa shape index (κ3) is 2.94. The van der Waals surface area contributed by atoms with Gasteiger partial charge in [0, 0.05) is 12.3 Å². The molecule has 0 aliphatic rings. The van der Waals surface area contributed by atoms with Gasteiger partial charge in [-0.1, -0.05) is 0 Å². The average molecular weight is 178 g/mol. The van der Waals surface area contributed by atoms with Crippen LogP contribution < -0.4 is 10.5 Å². The highest BCUT2D eigenvalue weighted by molar-refractivity contribution is 5.90. The summed E-state index contributed by atoms with van der Waals surface area (Å²) in [4.78, 5) is 14.3. The molecule has 1 rings (SSSR count). The Morgan fingerprint density at radius 3 is 3.00 bits per heavy atom. The Labute approximate surface area is 76.0 Å². The summed E-state index contributed by atoms with van der Waals surface area (Å²) in [6.45, 7) is 0. The Morgan fingerprint density at radius 2 is 2.38 bits per heavy atom. The molecule has 0 fully saturated rings. The summed E-state index contributed by atoms with van der Waals surface area (Å²) in [5, 5.41) is 0. The Kier molecular flexibility index (Phi) is 3.03. The number of carbonyl (C=O) groups excluding carboxylic acids is 1. The molecule has 4 heteroatoms. The molecule has 2 N–H and O–H groups in total. The smallest absolute Gasteiger partial charge is 0.241 e. The lowest BCUT2D eigenvalue weighted by Crippen LogP contribution is -2.05. The van der Waals surface area contributed by atoms with Crippen LogP contribution in [0.3, 0.4) is 0 Å². The van der Waals surface area contributed by atoms with Crippen molar-refractivity contribution in [2.45, 2.75) is 0 Å². The Balaban J connectivity index is 2.83. The molecule has 1 aromatic rings. The number of primary amides is 1. The van der Waals surface area contributed by atoms with Gasteiger partial charge in [0.2, 0.25) is 5.91 Å². The van der Waals surface area contributed by atoms with Crippen LogP contribution in [0.1, 0.15) is 5.56 Å². The van der Waals surface area contributed by atoms with Gasteiger partial charge in [0.1, 0.15) is 5.75 Å². The molecule has 68 valence electrons. The molecular formula is C9H10N2O2. The highest BCUT2D eigenvalue weighted by atomic mass is 16.5. The molecule has 0 spiro atoms. The number of nitrogens with two attached hydrogens (primary N) is 1. The number of hydrogen-bond donors (Lipinski definition) is 1. The van der Waals surface area contributed by atoms with Crippen LogP contribution in [0, 0.1) is 0 Å². The molecule has 0 aromatic carbocycles. The van der Waals surface area contributed by atoms with Gasteiger partial charge in [0.15, 0.2) is 0 Å². The molecule has 0 saturated heterocycles. The van der Waals surface area contributed by atoms with Crippen molar-refractivity contribution in [3.63, 3.8) is 0 Å². The molecule has 0 aliphatic carbocycles. The van der Waals surface area contributed by atoms with Crippen molar-refractivity contribution >= 4 is 12.0 Å².